The van der Waals surface area contributed by atoms with Gasteiger partial charge in [-0.25, -0.2) is 0 Å². The molecule has 126 valence electrons. The second-order valence-corrected chi connectivity index (χ2v) is 5.97. The van der Waals surface area contributed by atoms with Gasteiger partial charge in [0.15, 0.2) is 11.4 Å². The van der Waals surface area contributed by atoms with Gasteiger partial charge >= 0.3 is 6.18 Å². The van der Waals surface area contributed by atoms with Crippen molar-refractivity contribution in [1.82, 2.24) is 24.5 Å². The lowest BCUT2D eigenvalue weighted by Gasteiger charge is -2.16. The summed E-state index contributed by atoms with van der Waals surface area (Å²) in [4.78, 5) is 13.7. The second kappa shape index (κ2) is 5.99. The predicted octanol–water partition coefficient (Wildman–Crippen LogP) is 2.52. The average Bonchev–Trinajstić information content (AvgIpc) is 2.90. The van der Waals surface area contributed by atoms with Crippen molar-refractivity contribution < 1.29 is 18.0 Å². The molecule has 0 fully saturated rings. The van der Waals surface area contributed by atoms with E-state index in [-0.39, 0.29) is 16.7 Å². The van der Waals surface area contributed by atoms with E-state index in [1.165, 1.54) is 11.9 Å². The number of carbonyl (C=O) groups excluding carboxylic acids is 1. The Balaban J connectivity index is 2.29. The quantitative estimate of drug-likeness (QED) is 0.804. The van der Waals surface area contributed by atoms with Gasteiger partial charge in [0.2, 0.25) is 0 Å². The number of amides is 1. The van der Waals surface area contributed by atoms with Crippen LogP contribution in [-0.4, -0.2) is 37.4 Å². The molecule has 0 aliphatic carbocycles. The van der Waals surface area contributed by atoms with Crippen LogP contribution in [0.5, 0.6) is 0 Å². The fourth-order valence-corrected chi connectivity index (χ4v) is 2.88. The molecule has 1 amide bonds. The molecule has 0 unspecified atom stereocenters. The van der Waals surface area contributed by atoms with Gasteiger partial charge in [0.05, 0.1) is 10.7 Å². The Morgan fingerprint density at radius 2 is 1.96 bits per heavy atom. The number of hydrogen-bond acceptors (Lipinski definition) is 3. The van der Waals surface area contributed by atoms with E-state index in [4.69, 9.17) is 0 Å². The Morgan fingerprint density at radius 1 is 1.35 bits per heavy atom. The largest absolute Gasteiger partial charge is 0.434 e. The van der Waals surface area contributed by atoms with Gasteiger partial charge < -0.3 is 4.90 Å². The lowest BCUT2D eigenvalue weighted by atomic mass is 10.2. The lowest BCUT2D eigenvalue weighted by Crippen LogP contribution is -2.27. The van der Waals surface area contributed by atoms with Crippen molar-refractivity contribution in [2.45, 2.75) is 19.6 Å². The van der Waals surface area contributed by atoms with Crippen molar-refractivity contribution in [1.29, 1.82) is 0 Å². The van der Waals surface area contributed by atoms with Gasteiger partial charge in [0.1, 0.15) is 0 Å². The summed E-state index contributed by atoms with van der Waals surface area (Å²) in [6, 6.07) is 0. The number of rotatable bonds is 3. The molecule has 0 aliphatic heterocycles. The zero-order chi connectivity index (χ0) is 17.5. The predicted molar refractivity (Wildman–Crippen MR) is 79.7 cm³/mol. The number of nitrogens with zero attached hydrogens (tertiary/aromatic N) is 5. The topological polar surface area (TPSA) is 56.0 Å². The Bertz CT molecular complexity index is 750. The average molecular weight is 394 g/mol. The van der Waals surface area contributed by atoms with Gasteiger partial charge in [-0.2, -0.15) is 23.4 Å². The summed E-state index contributed by atoms with van der Waals surface area (Å²) in [5, 5.41) is 7.77. The molecule has 2 aromatic rings. The number of aryl methyl sites for hydroxylation is 2. The van der Waals surface area contributed by atoms with E-state index in [0.29, 0.717) is 4.68 Å². The number of carbonyl (C=O) groups is 1. The van der Waals surface area contributed by atoms with Crippen LogP contribution in [0.1, 0.15) is 27.4 Å². The first-order valence-corrected chi connectivity index (χ1v) is 7.36. The normalized spacial score (nSPS) is 11.8. The Kier molecular flexibility index (Phi) is 4.56. The highest BCUT2D eigenvalue weighted by Gasteiger charge is 2.40. The van der Waals surface area contributed by atoms with E-state index in [1.807, 2.05) is 6.92 Å². The maximum atomic E-state index is 13.0. The van der Waals surface area contributed by atoms with Crippen LogP contribution in [0.15, 0.2) is 10.7 Å². The smallest absolute Gasteiger partial charge is 0.336 e. The molecule has 0 bridgehead atoms. The van der Waals surface area contributed by atoms with Gasteiger partial charge in [0, 0.05) is 38.9 Å². The van der Waals surface area contributed by atoms with E-state index in [1.54, 1.807) is 17.9 Å². The molecule has 23 heavy (non-hydrogen) atoms. The third kappa shape index (κ3) is 3.26. The van der Waals surface area contributed by atoms with Crippen molar-refractivity contribution in [3.8, 4) is 0 Å². The third-order valence-electron chi connectivity index (χ3n) is 3.55. The molecule has 0 aromatic carbocycles. The van der Waals surface area contributed by atoms with Crippen molar-refractivity contribution in [3.05, 3.63) is 33.3 Å². The fraction of sp³-hybridized carbons (Fsp3) is 0.462. The van der Waals surface area contributed by atoms with E-state index in [0.717, 1.165) is 18.3 Å². The van der Waals surface area contributed by atoms with Crippen molar-refractivity contribution in [2.75, 3.05) is 7.05 Å². The van der Waals surface area contributed by atoms with E-state index in [2.05, 4.69) is 26.1 Å². The molecule has 0 saturated carbocycles. The van der Waals surface area contributed by atoms with Crippen LogP contribution in [0.2, 0.25) is 0 Å². The van der Waals surface area contributed by atoms with E-state index >= 15 is 0 Å². The first kappa shape index (κ1) is 17.5. The second-order valence-electron chi connectivity index (χ2n) is 5.17. The molecular weight excluding hydrogens is 379 g/mol. The molecule has 2 heterocycles. The van der Waals surface area contributed by atoms with Crippen molar-refractivity contribution in [2.24, 2.45) is 14.1 Å². The Labute approximate surface area is 139 Å². The molecule has 10 heteroatoms. The van der Waals surface area contributed by atoms with E-state index < -0.39 is 17.8 Å². The summed E-state index contributed by atoms with van der Waals surface area (Å²) in [6.07, 6.45) is -2.98. The van der Waals surface area contributed by atoms with Crippen molar-refractivity contribution in [3.63, 3.8) is 0 Å². The summed E-state index contributed by atoms with van der Waals surface area (Å²) in [7, 11) is 4.42. The van der Waals surface area contributed by atoms with Gasteiger partial charge in [-0.1, -0.05) is 0 Å². The Hall–Kier alpha value is -1.84. The summed E-state index contributed by atoms with van der Waals surface area (Å²) >= 11 is 2.84. The SMILES string of the molecule is Cc1c(CN(C)C(=O)c2nn(C)c(C(F)(F)F)c2Br)cnn1C. The first-order chi connectivity index (χ1) is 10.5. The molecule has 0 N–H and O–H groups in total. The maximum Gasteiger partial charge on any atom is 0.434 e. The molecule has 0 radical (unpaired) electrons. The van der Waals surface area contributed by atoms with Crippen LogP contribution in [-0.2, 0) is 26.8 Å². The number of hydrogen-bond donors (Lipinski definition) is 0. The third-order valence-corrected chi connectivity index (χ3v) is 4.30. The van der Waals surface area contributed by atoms with Crippen LogP contribution >= 0.6 is 15.9 Å². The van der Waals surface area contributed by atoms with Crippen LogP contribution < -0.4 is 0 Å². The van der Waals surface area contributed by atoms with Gasteiger partial charge in [-0.05, 0) is 22.9 Å². The first-order valence-electron chi connectivity index (χ1n) is 6.56. The van der Waals surface area contributed by atoms with Crippen LogP contribution in [0.25, 0.3) is 0 Å². The highest BCUT2D eigenvalue weighted by molar-refractivity contribution is 9.10. The molecule has 0 spiro atoms. The molecule has 2 aromatic heterocycles. The minimum Gasteiger partial charge on any atom is -0.336 e. The zero-order valence-corrected chi connectivity index (χ0v) is 14.5. The standard InChI is InChI=1S/C13H15BrF3N5O/c1-7-8(5-18-21(7)3)6-20(2)12(23)10-9(14)11(13(15,16)17)22(4)19-10/h5H,6H2,1-4H3. The monoisotopic (exact) mass is 393 g/mol. The molecule has 2 rings (SSSR count). The summed E-state index contributed by atoms with van der Waals surface area (Å²) in [5.41, 5.74) is 0.419. The summed E-state index contributed by atoms with van der Waals surface area (Å²) in [5.74, 6) is -0.605. The molecular formula is C13H15BrF3N5O. The maximum absolute atomic E-state index is 13.0. The Morgan fingerprint density at radius 3 is 2.39 bits per heavy atom. The summed E-state index contributed by atoms with van der Waals surface area (Å²) < 4.78 is 40.8. The summed E-state index contributed by atoms with van der Waals surface area (Å²) in [6.45, 7) is 2.07. The zero-order valence-electron chi connectivity index (χ0n) is 12.9. The number of halogens is 4. The molecule has 0 atom stereocenters. The van der Waals surface area contributed by atoms with Gasteiger partial charge in [-0.15, -0.1) is 0 Å². The number of aromatic nitrogens is 4. The highest BCUT2D eigenvalue weighted by atomic mass is 79.9. The minimum absolute atomic E-state index is 0.225. The van der Waals surface area contributed by atoms with Gasteiger partial charge in [0.25, 0.3) is 5.91 Å². The van der Waals surface area contributed by atoms with E-state index in [9.17, 15) is 18.0 Å². The van der Waals surface area contributed by atoms with Crippen LogP contribution in [0.3, 0.4) is 0 Å². The van der Waals surface area contributed by atoms with Gasteiger partial charge in [-0.3, -0.25) is 14.2 Å². The molecule has 0 aliphatic rings. The minimum atomic E-state index is -4.60. The van der Waals surface area contributed by atoms with Crippen LogP contribution in [0.4, 0.5) is 13.2 Å². The fourth-order valence-electron chi connectivity index (χ4n) is 2.15. The van der Waals surface area contributed by atoms with Crippen molar-refractivity contribution >= 4 is 21.8 Å². The van der Waals surface area contributed by atoms with Crippen LogP contribution in [0, 0.1) is 6.92 Å². The highest BCUT2D eigenvalue weighted by Crippen LogP contribution is 2.36. The molecule has 0 saturated heterocycles. The molecule has 6 nitrogen and oxygen atoms in total. The lowest BCUT2D eigenvalue weighted by molar-refractivity contribution is -0.144. The number of alkyl halides is 3.